The van der Waals surface area contributed by atoms with Crippen LogP contribution in [0.4, 0.5) is 0 Å². The molecule has 2 aromatic rings. The van der Waals surface area contributed by atoms with Crippen molar-refractivity contribution >= 4 is 0 Å². The Bertz CT molecular complexity index is 479. The first kappa shape index (κ1) is 8.45. The van der Waals surface area contributed by atoms with Gasteiger partial charge in [-0.1, -0.05) is 0 Å². The average Bonchev–Trinajstić information content (AvgIpc) is 2.61. The number of nitriles is 1. The standard InChI is InChI=1S/C10H8N4/c1-14-10(5-9(6-11)13-14)8-3-2-4-12-7-8/h2-5,7H,1H3. The summed E-state index contributed by atoms with van der Waals surface area (Å²) in [4.78, 5) is 4.01. The highest BCUT2D eigenvalue weighted by atomic mass is 15.3. The van der Waals surface area contributed by atoms with Crippen molar-refractivity contribution in [2.75, 3.05) is 0 Å². The van der Waals surface area contributed by atoms with Crippen LogP contribution in [0.25, 0.3) is 11.3 Å². The van der Waals surface area contributed by atoms with E-state index in [1.807, 2.05) is 25.2 Å². The third kappa shape index (κ3) is 1.36. The zero-order valence-corrected chi connectivity index (χ0v) is 7.68. The van der Waals surface area contributed by atoms with Crippen molar-refractivity contribution in [2.45, 2.75) is 0 Å². The predicted molar refractivity (Wildman–Crippen MR) is 51.2 cm³/mol. The maximum absolute atomic E-state index is 8.68. The normalized spacial score (nSPS) is 9.71. The minimum absolute atomic E-state index is 0.423. The summed E-state index contributed by atoms with van der Waals surface area (Å²) in [5, 5.41) is 12.7. The molecule has 0 aliphatic heterocycles. The molecule has 0 atom stereocenters. The van der Waals surface area contributed by atoms with Gasteiger partial charge in [-0.25, -0.2) is 0 Å². The zero-order chi connectivity index (χ0) is 9.97. The largest absolute Gasteiger partial charge is 0.267 e. The molecule has 0 saturated carbocycles. The highest BCUT2D eigenvalue weighted by molar-refractivity contribution is 5.59. The number of hydrogen-bond donors (Lipinski definition) is 0. The van der Waals surface area contributed by atoms with E-state index in [1.165, 1.54) is 0 Å². The van der Waals surface area contributed by atoms with Gasteiger partial charge in [0.1, 0.15) is 6.07 Å². The molecule has 0 saturated heterocycles. The summed E-state index contributed by atoms with van der Waals surface area (Å²) in [6.45, 7) is 0. The molecule has 4 heteroatoms. The lowest BCUT2D eigenvalue weighted by atomic mass is 10.2. The average molecular weight is 184 g/mol. The van der Waals surface area contributed by atoms with Crippen molar-refractivity contribution in [3.63, 3.8) is 0 Å². The highest BCUT2D eigenvalue weighted by Crippen LogP contribution is 2.17. The van der Waals surface area contributed by atoms with E-state index >= 15 is 0 Å². The Morgan fingerprint density at radius 2 is 2.36 bits per heavy atom. The van der Waals surface area contributed by atoms with Crippen LogP contribution in [0, 0.1) is 11.3 Å². The van der Waals surface area contributed by atoms with Gasteiger partial charge in [0.25, 0.3) is 0 Å². The van der Waals surface area contributed by atoms with E-state index in [4.69, 9.17) is 5.26 Å². The van der Waals surface area contributed by atoms with Crippen LogP contribution < -0.4 is 0 Å². The van der Waals surface area contributed by atoms with Gasteiger partial charge in [-0.2, -0.15) is 10.4 Å². The molecule has 2 aromatic heterocycles. The summed E-state index contributed by atoms with van der Waals surface area (Å²) in [7, 11) is 1.81. The molecule has 0 N–H and O–H groups in total. The Balaban J connectivity index is 2.53. The maximum Gasteiger partial charge on any atom is 0.163 e. The minimum Gasteiger partial charge on any atom is -0.267 e. The summed E-state index contributed by atoms with van der Waals surface area (Å²) in [5.41, 5.74) is 2.28. The molecule has 0 amide bonds. The Hall–Kier alpha value is -2.15. The van der Waals surface area contributed by atoms with E-state index in [1.54, 1.807) is 23.1 Å². The van der Waals surface area contributed by atoms with Crippen molar-refractivity contribution in [3.8, 4) is 17.3 Å². The lowest BCUT2D eigenvalue weighted by Crippen LogP contribution is -1.93. The van der Waals surface area contributed by atoms with Gasteiger partial charge in [-0.15, -0.1) is 0 Å². The zero-order valence-electron chi connectivity index (χ0n) is 7.68. The van der Waals surface area contributed by atoms with Gasteiger partial charge in [0, 0.05) is 31.1 Å². The molecule has 0 aliphatic rings. The van der Waals surface area contributed by atoms with Crippen molar-refractivity contribution in [1.82, 2.24) is 14.8 Å². The number of nitrogens with zero attached hydrogens (tertiary/aromatic N) is 4. The summed E-state index contributed by atoms with van der Waals surface area (Å²) < 4.78 is 1.68. The highest BCUT2D eigenvalue weighted by Gasteiger charge is 2.05. The van der Waals surface area contributed by atoms with Crippen molar-refractivity contribution in [3.05, 3.63) is 36.3 Å². The van der Waals surface area contributed by atoms with E-state index in [2.05, 4.69) is 10.1 Å². The Labute approximate surface area is 81.4 Å². The van der Waals surface area contributed by atoms with E-state index in [0.29, 0.717) is 5.69 Å². The summed E-state index contributed by atoms with van der Waals surface area (Å²) in [6.07, 6.45) is 3.46. The second-order valence-corrected chi connectivity index (χ2v) is 2.89. The van der Waals surface area contributed by atoms with Crippen molar-refractivity contribution < 1.29 is 0 Å². The quantitative estimate of drug-likeness (QED) is 0.672. The molecule has 0 fully saturated rings. The van der Waals surface area contributed by atoms with Gasteiger partial charge in [-0.3, -0.25) is 9.67 Å². The van der Waals surface area contributed by atoms with Crippen molar-refractivity contribution in [2.24, 2.45) is 7.05 Å². The topological polar surface area (TPSA) is 54.5 Å². The Morgan fingerprint density at radius 1 is 1.50 bits per heavy atom. The van der Waals surface area contributed by atoms with E-state index in [0.717, 1.165) is 11.3 Å². The molecule has 0 bridgehead atoms. The van der Waals surface area contributed by atoms with E-state index in [9.17, 15) is 0 Å². The number of hydrogen-bond acceptors (Lipinski definition) is 3. The number of aromatic nitrogens is 3. The summed E-state index contributed by atoms with van der Waals surface area (Å²) >= 11 is 0. The van der Waals surface area contributed by atoms with Crippen LogP contribution in [0.5, 0.6) is 0 Å². The lowest BCUT2D eigenvalue weighted by Gasteiger charge is -1.99. The van der Waals surface area contributed by atoms with E-state index in [-0.39, 0.29) is 0 Å². The number of aryl methyl sites for hydroxylation is 1. The molecule has 68 valence electrons. The van der Waals surface area contributed by atoms with Crippen LogP contribution >= 0.6 is 0 Å². The lowest BCUT2D eigenvalue weighted by molar-refractivity contribution is 0.770. The summed E-state index contributed by atoms with van der Waals surface area (Å²) in [6, 6.07) is 7.54. The van der Waals surface area contributed by atoms with Gasteiger partial charge in [-0.05, 0) is 12.1 Å². The molecule has 2 rings (SSSR count). The first-order chi connectivity index (χ1) is 6.81. The molecular weight excluding hydrogens is 176 g/mol. The van der Waals surface area contributed by atoms with Crippen LogP contribution in [0.15, 0.2) is 30.6 Å². The molecular formula is C10H8N4. The fourth-order valence-corrected chi connectivity index (χ4v) is 1.31. The fraction of sp³-hybridized carbons (Fsp3) is 0.100. The summed E-state index contributed by atoms with van der Waals surface area (Å²) in [5.74, 6) is 0. The Kier molecular flexibility index (Phi) is 1.99. The van der Waals surface area contributed by atoms with Crippen molar-refractivity contribution in [1.29, 1.82) is 5.26 Å². The fourth-order valence-electron chi connectivity index (χ4n) is 1.31. The van der Waals surface area contributed by atoms with Gasteiger partial charge < -0.3 is 0 Å². The van der Waals surface area contributed by atoms with Crippen LogP contribution in [0.3, 0.4) is 0 Å². The number of pyridine rings is 1. The first-order valence-corrected chi connectivity index (χ1v) is 4.16. The molecule has 0 aromatic carbocycles. The predicted octanol–water partition coefficient (Wildman–Crippen LogP) is 1.35. The van der Waals surface area contributed by atoms with Crippen LogP contribution in [0.1, 0.15) is 5.69 Å². The maximum atomic E-state index is 8.68. The molecule has 0 aliphatic carbocycles. The first-order valence-electron chi connectivity index (χ1n) is 4.16. The minimum atomic E-state index is 0.423. The van der Waals surface area contributed by atoms with Crippen LogP contribution in [-0.2, 0) is 7.05 Å². The monoisotopic (exact) mass is 184 g/mol. The smallest absolute Gasteiger partial charge is 0.163 e. The molecule has 2 heterocycles. The van der Waals surface area contributed by atoms with Gasteiger partial charge in [0.2, 0.25) is 0 Å². The third-order valence-corrected chi connectivity index (χ3v) is 1.95. The van der Waals surface area contributed by atoms with Crippen LogP contribution in [0.2, 0.25) is 0 Å². The Morgan fingerprint density at radius 3 is 2.93 bits per heavy atom. The molecule has 0 unspecified atom stereocenters. The molecule has 0 radical (unpaired) electrons. The number of rotatable bonds is 1. The second kappa shape index (κ2) is 3.30. The SMILES string of the molecule is Cn1nc(C#N)cc1-c1cccnc1. The molecule has 14 heavy (non-hydrogen) atoms. The van der Waals surface area contributed by atoms with Gasteiger partial charge in [0.15, 0.2) is 5.69 Å². The molecule has 0 spiro atoms. The van der Waals surface area contributed by atoms with Crippen LogP contribution in [-0.4, -0.2) is 14.8 Å². The van der Waals surface area contributed by atoms with Gasteiger partial charge >= 0.3 is 0 Å². The molecule has 4 nitrogen and oxygen atoms in total. The second-order valence-electron chi connectivity index (χ2n) is 2.89. The van der Waals surface area contributed by atoms with Gasteiger partial charge in [0.05, 0.1) is 5.69 Å². The third-order valence-electron chi connectivity index (χ3n) is 1.95. The van der Waals surface area contributed by atoms with E-state index < -0.39 is 0 Å².